The van der Waals surface area contributed by atoms with E-state index < -0.39 is 0 Å². The normalized spacial score (nSPS) is 10.7. The standard InChI is InChI=1S/2C18H37.Rh/c2*1-3-5-7-9-11-13-15-17-18-16-14-12-10-8-6-4-2;/h2*1,3-18H2,2H3;/q2*-1;+2. The Morgan fingerprint density at radius 1 is 0.243 bits per heavy atom. The topological polar surface area (TPSA) is 0 Å². The number of unbranched alkanes of at least 4 members (excludes halogenated alkanes) is 30. The van der Waals surface area contributed by atoms with Gasteiger partial charge in [-0.05, 0) is 0 Å². The fraction of sp³-hybridized carbons (Fsp3) is 0.944. The molecule has 0 nitrogen and oxygen atoms in total. The summed E-state index contributed by atoms with van der Waals surface area (Å²) in [6.45, 7) is 12.4. The maximum absolute atomic E-state index is 3.88. The van der Waals surface area contributed by atoms with E-state index in [9.17, 15) is 0 Å². The summed E-state index contributed by atoms with van der Waals surface area (Å²) in [5.41, 5.74) is 0. The molecular weight excluding hydrogens is 535 g/mol. The monoisotopic (exact) mass is 609 g/mol. The molecule has 0 aromatic rings. The molecular formula is C36H74Rh. The van der Waals surface area contributed by atoms with E-state index in [4.69, 9.17) is 0 Å². The van der Waals surface area contributed by atoms with E-state index in [0.29, 0.717) is 0 Å². The zero-order chi connectivity index (χ0) is 26.6. The molecule has 0 unspecified atom stereocenters. The Hall–Kier alpha value is 0.623. The van der Waals surface area contributed by atoms with Crippen molar-refractivity contribution in [1.82, 2.24) is 0 Å². The van der Waals surface area contributed by atoms with E-state index in [2.05, 4.69) is 27.7 Å². The predicted molar refractivity (Wildman–Crippen MR) is 170 cm³/mol. The van der Waals surface area contributed by atoms with Crippen LogP contribution in [0, 0.1) is 13.8 Å². The summed E-state index contributed by atoms with van der Waals surface area (Å²) in [6.07, 6.45) is 45.6. The van der Waals surface area contributed by atoms with E-state index in [0.717, 1.165) is 12.8 Å². The Bertz CT molecular complexity index is 263. The maximum atomic E-state index is 3.88. The van der Waals surface area contributed by atoms with Crippen molar-refractivity contribution in [2.24, 2.45) is 0 Å². The first-order chi connectivity index (χ1) is 17.8. The third-order valence-corrected chi connectivity index (χ3v) is 7.71. The molecule has 0 bridgehead atoms. The van der Waals surface area contributed by atoms with Crippen molar-refractivity contribution in [3.05, 3.63) is 13.8 Å². The minimum absolute atomic E-state index is 0. The van der Waals surface area contributed by atoms with Gasteiger partial charge in [-0.3, -0.25) is 0 Å². The zero-order valence-electron chi connectivity index (χ0n) is 26.4. The van der Waals surface area contributed by atoms with Crippen LogP contribution in [0.1, 0.15) is 219 Å². The van der Waals surface area contributed by atoms with Crippen molar-refractivity contribution < 1.29 is 19.5 Å². The number of rotatable bonds is 30. The number of hydrogen-bond acceptors (Lipinski definition) is 0. The van der Waals surface area contributed by atoms with Crippen molar-refractivity contribution in [2.45, 2.75) is 219 Å². The molecule has 0 heterocycles. The molecule has 0 saturated carbocycles. The van der Waals surface area contributed by atoms with Crippen LogP contribution in [0.5, 0.6) is 0 Å². The van der Waals surface area contributed by atoms with Gasteiger partial charge in [-0.25, -0.2) is 0 Å². The molecule has 0 fully saturated rings. The molecule has 37 heavy (non-hydrogen) atoms. The largest absolute Gasteiger partial charge is 2.00 e. The fourth-order valence-corrected chi connectivity index (χ4v) is 5.10. The van der Waals surface area contributed by atoms with Crippen molar-refractivity contribution in [3.63, 3.8) is 0 Å². The summed E-state index contributed by atoms with van der Waals surface area (Å²) in [7, 11) is 0. The second kappa shape index (κ2) is 43.7. The third-order valence-electron chi connectivity index (χ3n) is 7.71. The molecule has 0 aliphatic heterocycles. The Morgan fingerprint density at radius 2 is 0.378 bits per heavy atom. The summed E-state index contributed by atoms with van der Waals surface area (Å²) < 4.78 is 0. The molecule has 0 aromatic carbocycles. The van der Waals surface area contributed by atoms with Gasteiger partial charge in [0.05, 0.1) is 0 Å². The van der Waals surface area contributed by atoms with Crippen LogP contribution in [0.4, 0.5) is 0 Å². The second-order valence-electron chi connectivity index (χ2n) is 11.6. The quantitative estimate of drug-likeness (QED) is 0.0432. The van der Waals surface area contributed by atoms with E-state index in [1.807, 2.05) is 0 Å². The Morgan fingerprint density at radius 3 is 0.514 bits per heavy atom. The Labute approximate surface area is 251 Å². The molecule has 0 amide bonds. The first-order valence-corrected chi connectivity index (χ1v) is 17.4. The van der Waals surface area contributed by atoms with Crippen molar-refractivity contribution in [3.8, 4) is 0 Å². The SMILES string of the molecule is [CH2-]CCCCCCCCCCCCCCCCC.[CH2-]CCCCCCCCCCCCCCCCC.[Rh+2]. The Kier molecular flexibility index (Phi) is 49.7. The molecule has 0 atom stereocenters. The fourth-order valence-electron chi connectivity index (χ4n) is 5.10. The molecule has 0 rings (SSSR count). The first-order valence-electron chi connectivity index (χ1n) is 17.4. The van der Waals surface area contributed by atoms with Crippen LogP contribution in [-0.2, 0) is 19.5 Å². The van der Waals surface area contributed by atoms with Crippen molar-refractivity contribution >= 4 is 0 Å². The van der Waals surface area contributed by atoms with E-state index in [-0.39, 0.29) is 19.5 Å². The molecule has 0 aromatic heterocycles. The molecule has 0 N–H and O–H groups in total. The van der Waals surface area contributed by atoms with Crippen LogP contribution in [0.25, 0.3) is 0 Å². The van der Waals surface area contributed by atoms with E-state index in [1.165, 1.54) is 193 Å². The van der Waals surface area contributed by atoms with Gasteiger partial charge in [0.15, 0.2) is 0 Å². The van der Waals surface area contributed by atoms with Gasteiger partial charge in [0.2, 0.25) is 0 Å². The summed E-state index contributed by atoms with van der Waals surface area (Å²) in [5, 5.41) is 0. The van der Waals surface area contributed by atoms with Crippen LogP contribution in [-0.4, -0.2) is 0 Å². The molecule has 227 valence electrons. The smallest absolute Gasteiger partial charge is 0.343 e. The van der Waals surface area contributed by atoms with Gasteiger partial charge < -0.3 is 13.8 Å². The predicted octanol–water partition coefficient (Wildman–Crippen LogP) is 14.2. The van der Waals surface area contributed by atoms with E-state index >= 15 is 0 Å². The van der Waals surface area contributed by atoms with Crippen molar-refractivity contribution in [2.75, 3.05) is 0 Å². The van der Waals surface area contributed by atoms with Gasteiger partial charge in [-0.1, -0.05) is 206 Å². The van der Waals surface area contributed by atoms with Gasteiger partial charge in [0, 0.05) is 0 Å². The van der Waals surface area contributed by atoms with Crippen molar-refractivity contribution in [1.29, 1.82) is 0 Å². The van der Waals surface area contributed by atoms with E-state index in [1.54, 1.807) is 0 Å². The van der Waals surface area contributed by atoms with Crippen LogP contribution in [0.2, 0.25) is 0 Å². The zero-order valence-corrected chi connectivity index (χ0v) is 28.0. The summed E-state index contributed by atoms with van der Waals surface area (Å²) >= 11 is 0. The molecule has 0 spiro atoms. The average molecular weight is 610 g/mol. The molecule has 0 saturated heterocycles. The minimum atomic E-state index is 0. The average Bonchev–Trinajstić information content (AvgIpc) is 2.89. The van der Waals surface area contributed by atoms with Crippen LogP contribution in [0.15, 0.2) is 0 Å². The molecule has 0 aliphatic rings. The summed E-state index contributed by atoms with van der Waals surface area (Å²) in [4.78, 5) is 0. The molecule has 1 radical (unpaired) electrons. The van der Waals surface area contributed by atoms with Gasteiger partial charge in [0.25, 0.3) is 0 Å². The maximum Gasteiger partial charge on any atom is 2.00 e. The minimum Gasteiger partial charge on any atom is -0.343 e. The molecule has 1 heteroatoms. The van der Waals surface area contributed by atoms with Crippen LogP contribution >= 0.6 is 0 Å². The van der Waals surface area contributed by atoms with Crippen LogP contribution in [0.3, 0.4) is 0 Å². The van der Waals surface area contributed by atoms with Crippen LogP contribution < -0.4 is 0 Å². The molecule has 0 aliphatic carbocycles. The first kappa shape index (κ1) is 42.1. The summed E-state index contributed by atoms with van der Waals surface area (Å²) in [5.74, 6) is 0. The van der Waals surface area contributed by atoms with Gasteiger partial charge >= 0.3 is 19.5 Å². The van der Waals surface area contributed by atoms with Gasteiger partial charge in [0.1, 0.15) is 0 Å². The van der Waals surface area contributed by atoms with Gasteiger partial charge in [-0.15, -0.1) is 0 Å². The van der Waals surface area contributed by atoms with Gasteiger partial charge in [-0.2, -0.15) is 12.8 Å². The Balaban J connectivity index is -0.000000608. The number of hydrogen-bond donors (Lipinski definition) is 0. The second-order valence-corrected chi connectivity index (χ2v) is 11.6. The summed E-state index contributed by atoms with van der Waals surface area (Å²) in [6, 6.07) is 0. The third kappa shape index (κ3) is 46.8.